The van der Waals surface area contributed by atoms with Gasteiger partial charge >= 0.3 is 0 Å². The molecule has 1 rings (SSSR count). The smallest absolute Gasteiger partial charge is 0.291 e. The van der Waals surface area contributed by atoms with Gasteiger partial charge in [0.05, 0.1) is 6.61 Å². The van der Waals surface area contributed by atoms with Crippen molar-refractivity contribution < 1.29 is 25.2 Å². The Hall–Kier alpha value is -2.02. The Morgan fingerprint density at radius 3 is 2.40 bits per heavy atom. The second-order valence-corrected chi connectivity index (χ2v) is 2.28. The van der Waals surface area contributed by atoms with Crippen molar-refractivity contribution in [3.8, 4) is 11.5 Å². The standard InChI is InChI=1S/C8H10O3.HNO3/c9-5-6-11-8-4-2-1-3-7(8)10;2-1(3)4/h1-4,9-10H,5-6H2;(H,2,3,4). The van der Waals surface area contributed by atoms with E-state index in [2.05, 4.69) is 0 Å². The molecular weight excluding hydrogens is 206 g/mol. The molecule has 0 fully saturated rings. The summed E-state index contributed by atoms with van der Waals surface area (Å²) in [6.45, 7) is 0.159. The van der Waals surface area contributed by atoms with E-state index >= 15 is 0 Å². The van der Waals surface area contributed by atoms with Gasteiger partial charge in [0.25, 0.3) is 5.09 Å². The molecule has 0 radical (unpaired) electrons. The van der Waals surface area contributed by atoms with Crippen LogP contribution in [-0.2, 0) is 0 Å². The van der Waals surface area contributed by atoms with Crippen molar-refractivity contribution in [1.82, 2.24) is 0 Å². The number of aromatic hydroxyl groups is 1. The number of hydrogen-bond acceptors (Lipinski definition) is 5. The summed E-state index contributed by atoms with van der Waals surface area (Å²) in [5.41, 5.74) is 0. The van der Waals surface area contributed by atoms with Crippen LogP contribution in [0.2, 0.25) is 0 Å². The summed E-state index contributed by atoms with van der Waals surface area (Å²) in [4.78, 5) is 8.36. The third kappa shape index (κ3) is 7.08. The molecule has 3 N–H and O–H groups in total. The van der Waals surface area contributed by atoms with Gasteiger partial charge in [-0.15, -0.1) is 10.1 Å². The van der Waals surface area contributed by atoms with E-state index in [1.54, 1.807) is 18.2 Å². The molecule has 7 nitrogen and oxygen atoms in total. The van der Waals surface area contributed by atoms with Crippen molar-refractivity contribution in [1.29, 1.82) is 0 Å². The van der Waals surface area contributed by atoms with Crippen LogP contribution in [0, 0.1) is 10.1 Å². The first-order valence-corrected chi connectivity index (χ1v) is 3.93. The van der Waals surface area contributed by atoms with Crippen LogP contribution in [0.3, 0.4) is 0 Å². The molecule has 0 saturated heterocycles. The fraction of sp³-hybridized carbons (Fsp3) is 0.250. The van der Waals surface area contributed by atoms with Crippen LogP contribution in [0.5, 0.6) is 11.5 Å². The van der Waals surface area contributed by atoms with Gasteiger partial charge in [0.1, 0.15) is 6.61 Å². The summed E-state index contributed by atoms with van der Waals surface area (Å²) in [6.07, 6.45) is 0. The van der Waals surface area contributed by atoms with Crippen LogP contribution in [0.1, 0.15) is 0 Å². The number of benzene rings is 1. The first-order valence-electron chi connectivity index (χ1n) is 3.93. The number of aliphatic hydroxyl groups excluding tert-OH is 1. The number of aliphatic hydroxyl groups is 1. The van der Waals surface area contributed by atoms with Gasteiger partial charge in [0.2, 0.25) is 0 Å². The van der Waals surface area contributed by atoms with Crippen LogP contribution in [0.25, 0.3) is 0 Å². The van der Waals surface area contributed by atoms with Crippen molar-refractivity contribution in [3.05, 3.63) is 34.4 Å². The van der Waals surface area contributed by atoms with Crippen molar-refractivity contribution in [2.45, 2.75) is 0 Å². The predicted molar refractivity (Wildman–Crippen MR) is 49.5 cm³/mol. The van der Waals surface area contributed by atoms with Crippen LogP contribution in [0.15, 0.2) is 24.3 Å². The molecule has 0 aliphatic heterocycles. The number of ether oxygens (including phenoxy) is 1. The van der Waals surface area contributed by atoms with Crippen molar-refractivity contribution in [3.63, 3.8) is 0 Å². The SMILES string of the molecule is O=[N+]([O-])O.OCCOc1ccccc1O. The molecule has 0 amide bonds. The number of rotatable bonds is 3. The van der Waals surface area contributed by atoms with Crippen LogP contribution in [0.4, 0.5) is 0 Å². The molecule has 0 aromatic heterocycles. The summed E-state index contributed by atoms with van der Waals surface area (Å²) < 4.78 is 4.99. The minimum Gasteiger partial charge on any atom is -0.504 e. The first-order chi connectivity index (χ1) is 7.07. The Balaban J connectivity index is 0.000000423. The molecule has 1 aromatic rings. The number of phenols is 1. The number of para-hydroxylation sites is 2. The Labute approximate surface area is 85.3 Å². The average molecular weight is 217 g/mol. The highest BCUT2D eigenvalue weighted by Crippen LogP contribution is 2.23. The highest BCUT2D eigenvalue weighted by atomic mass is 16.9. The molecule has 0 bridgehead atoms. The minimum absolute atomic E-state index is 0.0473. The summed E-state index contributed by atoms with van der Waals surface area (Å²) in [6, 6.07) is 6.64. The quantitative estimate of drug-likeness (QED) is 0.499. The molecule has 15 heavy (non-hydrogen) atoms. The molecule has 84 valence electrons. The molecule has 0 heterocycles. The lowest BCUT2D eigenvalue weighted by Crippen LogP contribution is -2.01. The lowest BCUT2D eigenvalue weighted by Gasteiger charge is -2.04. The van der Waals surface area contributed by atoms with Gasteiger partial charge in [-0.1, -0.05) is 12.1 Å². The predicted octanol–water partition coefficient (Wildman–Crippen LogP) is 0.416. The van der Waals surface area contributed by atoms with E-state index in [9.17, 15) is 0 Å². The normalized spacial score (nSPS) is 8.60. The Morgan fingerprint density at radius 1 is 1.40 bits per heavy atom. The zero-order chi connectivity index (χ0) is 11.7. The third-order valence-corrected chi connectivity index (χ3v) is 1.21. The van der Waals surface area contributed by atoms with Crippen molar-refractivity contribution >= 4 is 0 Å². The fourth-order valence-electron chi connectivity index (χ4n) is 0.735. The van der Waals surface area contributed by atoms with Gasteiger partial charge in [0.15, 0.2) is 11.5 Å². The lowest BCUT2D eigenvalue weighted by atomic mass is 10.3. The summed E-state index contributed by atoms with van der Waals surface area (Å²) in [5, 5.41) is 31.2. The highest BCUT2D eigenvalue weighted by Gasteiger charge is 1.97. The minimum atomic E-state index is -1.50. The maximum Gasteiger partial charge on any atom is 0.291 e. The molecule has 0 atom stereocenters. The van der Waals surface area contributed by atoms with E-state index in [1.165, 1.54) is 6.07 Å². The van der Waals surface area contributed by atoms with Gasteiger partial charge in [0, 0.05) is 0 Å². The van der Waals surface area contributed by atoms with Gasteiger partial charge in [-0.3, -0.25) is 0 Å². The lowest BCUT2D eigenvalue weighted by molar-refractivity contribution is -0.742. The summed E-state index contributed by atoms with van der Waals surface area (Å²) in [5.74, 6) is 0.502. The first kappa shape index (κ1) is 13.0. The summed E-state index contributed by atoms with van der Waals surface area (Å²) in [7, 11) is 0. The van der Waals surface area contributed by atoms with Gasteiger partial charge in [-0.05, 0) is 12.1 Å². The van der Waals surface area contributed by atoms with Crippen LogP contribution in [-0.4, -0.2) is 33.7 Å². The van der Waals surface area contributed by atoms with E-state index in [-0.39, 0.29) is 19.0 Å². The van der Waals surface area contributed by atoms with Crippen molar-refractivity contribution in [2.75, 3.05) is 13.2 Å². The fourth-order valence-corrected chi connectivity index (χ4v) is 0.735. The van der Waals surface area contributed by atoms with Crippen molar-refractivity contribution in [2.24, 2.45) is 0 Å². The van der Waals surface area contributed by atoms with Gasteiger partial charge < -0.3 is 20.2 Å². The molecule has 0 aliphatic carbocycles. The molecule has 1 aromatic carbocycles. The average Bonchev–Trinajstić information content (AvgIpc) is 2.16. The van der Waals surface area contributed by atoms with Gasteiger partial charge in [-0.25, -0.2) is 0 Å². The number of phenolic OH excluding ortho intramolecular Hbond substituents is 1. The Bertz CT molecular complexity index is 299. The largest absolute Gasteiger partial charge is 0.504 e. The third-order valence-electron chi connectivity index (χ3n) is 1.21. The van der Waals surface area contributed by atoms with E-state index in [0.717, 1.165) is 0 Å². The van der Waals surface area contributed by atoms with Crippen LogP contribution >= 0.6 is 0 Å². The maximum atomic E-state index is 9.13. The van der Waals surface area contributed by atoms with E-state index in [1.807, 2.05) is 0 Å². The number of hydrogen-bond donors (Lipinski definition) is 3. The van der Waals surface area contributed by atoms with Gasteiger partial charge in [-0.2, -0.15) is 0 Å². The Kier molecular flexibility index (Phi) is 6.39. The molecule has 0 saturated carbocycles. The molecule has 0 unspecified atom stereocenters. The maximum absolute atomic E-state index is 9.13. The van der Waals surface area contributed by atoms with Crippen LogP contribution < -0.4 is 4.74 Å². The zero-order valence-electron chi connectivity index (χ0n) is 7.74. The monoisotopic (exact) mass is 217 g/mol. The molecule has 0 spiro atoms. The zero-order valence-corrected chi connectivity index (χ0v) is 7.74. The topological polar surface area (TPSA) is 113 Å². The van der Waals surface area contributed by atoms with E-state index in [4.69, 9.17) is 30.3 Å². The molecule has 7 heteroatoms. The summed E-state index contributed by atoms with van der Waals surface area (Å²) >= 11 is 0. The van der Waals surface area contributed by atoms with E-state index in [0.29, 0.717) is 5.75 Å². The van der Waals surface area contributed by atoms with E-state index < -0.39 is 5.09 Å². The second-order valence-electron chi connectivity index (χ2n) is 2.28. The number of nitrogens with zero attached hydrogens (tertiary/aromatic N) is 1. The second kappa shape index (κ2) is 7.39. The highest BCUT2D eigenvalue weighted by molar-refractivity contribution is 5.37. The molecular formula is C8H11NO6. The Morgan fingerprint density at radius 2 is 1.93 bits per heavy atom. The molecule has 0 aliphatic rings.